The van der Waals surface area contributed by atoms with E-state index in [4.69, 9.17) is 4.74 Å². The molecule has 154 valence electrons. The van der Waals surface area contributed by atoms with Crippen molar-refractivity contribution in [3.05, 3.63) is 83.7 Å². The number of sulfonamides is 1. The highest BCUT2D eigenvalue weighted by Crippen LogP contribution is 2.31. The predicted octanol–water partition coefficient (Wildman–Crippen LogP) is 4.57. The summed E-state index contributed by atoms with van der Waals surface area (Å²) in [5.41, 5.74) is 5.64. The van der Waals surface area contributed by atoms with Gasteiger partial charge in [0.2, 0.25) is 10.0 Å². The van der Waals surface area contributed by atoms with Crippen LogP contribution in [0.1, 0.15) is 16.7 Å². The molecule has 7 heteroatoms. The quantitative estimate of drug-likeness (QED) is 0.495. The first-order valence-corrected chi connectivity index (χ1v) is 11.2. The molecule has 0 amide bonds. The minimum Gasteiger partial charge on any atom is -0.495 e. The predicted molar refractivity (Wildman–Crippen MR) is 119 cm³/mol. The first-order chi connectivity index (χ1) is 14.3. The average Bonchev–Trinajstić information content (AvgIpc) is 3.10. The summed E-state index contributed by atoms with van der Waals surface area (Å²) in [6, 6.07) is 16.8. The monoisotopic (exact) mass is 421 g/mol. The second kappa shape index (κ2) is 7.84. The standard InChI is InChI=1S/C23H23N3O3S/c1-16-5-4-6-18(11-16)15-30(27,28)25-20-13-19(7-8-22(20)29-3)21-14-26-10-9-17(2)12-23(26)24-21/h4-14,25H,15H2,1-3H3. The van der Waals surface area contributed by atoms with Crippen LogP contribution < -0.4 is 9.46 Å². The van der Waals surface area contributed by atoms with Gasteiger partial charge in [0, 0.05) is 18.0 Å². The second-order valence-electron chi connectivity index (χ2n) is 7.36. The lowest BCUT2D eigenvalue weighted by Gasteiger charge is -2.13. The fourth-order valence-corrected chi connectivity index (χ4v) is 4.58. The number of methoxy groups -OCH3 is 1. The molecule has 0 atom stereocenters. The summed E-state index contributed by atoms with van der Waals surface area (Å²) in [6.07, 6.45) is 3.87. The van der Waals surface area contributed by atoms with E-state index in [9.17, 15) is 8.42 Å². The number of imidazole rings is 1. The first-order valence-electron chi connectivity index (χ1n) is 9.53. The molecule has 2 heterocycles. The SMILES string of the molecule is COc1ccc(-c2cn3ccc(C)cc3n2)cc1NS(=O)(=O)Cc1cccc(C)c1. The summed E-state index contributed by atoms with van der Waals surface area (Å²) in [7, 11) is -2.11. The Morgan fingerprint density at radius 3 is 2.60 bits per heavy atom. The van der Waals surface area contributed by atoms with Crippen molar-refractivity contribution >= 4 is 21.4 Å². The third-order valence-electron chi connectivity index (χ3n) is 4.82. The van der Waals surface area contributed by atoms with Crippen LogP contribution in [-0.2, 0) is 15.8 Å². The van der Waals surface area contributed by atoms with E-state index < -0.39 is 10.0 Å². The molecule has 2 aromatic carbocycles. The molecule has 0 radical (unpaired) electrons. The van der Waals surface area contributed by atoms with Gasteiger partial charge in [0.05, 0.1) is 24.2 Å². The Balaban J connectivity index is 1.66. The van der Waals surface area contributed by atoms with E-state index in [1.54, 1.807) is 18.2 Å². The Morgan fingerprint density at radius 1 is 1.03 bits per heavy atom. The van der Waals surface area contributed by atoms with Crippen molar-refractivity contribution in [2.24, 2.45) is 0 Å². The molecule has 0 unspecified atom stereocenters. The van der Waals surface area contributed by atoms with Crippen molar-refractivity contribution in [3.8, 4) is 17.0 Å². The lowest BCUT2D eigenvalue weighted by atomic mass is 10.1. The number of hydrogen-bond donors (Lipinski definition) is 1. The number of nitrogens with zero attached hydrogens (tertiary/aromatic N) is 2. The summed E-state index contributed by atoms with van der Waals surface area (Å²) in [5.74, 6) is 0.335. The molecule has 6 nitrogen and oxygen atoms in total. The maximum Gasteiger partial charge on any atom is 0.237 e. The lowest BCUT2D eigenvalue weighted by molar-refractivity contribution is 0.417. The van der Waals surface area contributed by atoms with Gasteiger partial charge in [-0.05, 0) is 55.3 Å². The van der Waals surface area contributed by atoms with Gasteiger partial charge in [-0.25, -0.2) is 13.4 Å². The zero-order chi connectivity index (χ0) is 21.3. The largest absolute Gasteiger partial charge is 0.495 e. The van der Waals surface area contributed by atoms with Crippen molar-refractivity contribution in [1.29, 1.82) is 0 Å². The normalized spacial score (nSPS) is 11.6. The molecule has 0 spiro atoms. The van der Waals surface area contributed by atoms with Crippen LogP contribution in [0.25, 0.3) is 16.9 Å². The molecule has 0 saturated heterocycles. The highest BCUT2D eigenvalue weighted by Gasteiger charge is 2.16. The van der Waals surface area contributed by atoms with E-state index >= 15 is 0 Å². The van der Waals surface area contributed by atoms with E-state index in [2.05, 4.69) is 9.71 Å². The topological polar surface area (TPSA) is 72.7 Å². The zero-order valence-electron chi connectivity index (χ0n) is 17.1. The third kappa shape index (κ3) is 4.31. The minimum atomic E-state index is -3.62. The van der Waals surface area contributed by atoms with Crippen molar-refractivity contribution in [2.45, 2.75) is 19.6 Å². The summed E-state index contributed by atoms with van der Waals surface area (Å²) < 4.78 is 35.6. The Morgan fingerprint density at radius 2 is 1.83 bits per heavy atom. The molecule has 4 aromatic rings. The van der Waals surface area contributed by atoms with Crippen molar-refractivity contribution in [3.63, 3.8) is 0 Å². The Kier molecular flexibility index (Phi) is 5.22. The highest BCUT2D eigenvalue weighted by atomic mass is 32.2. The van der Waals surface area contributed by atoms with Gasteiger partial charge in [-0.3, -0.25) is 4.72 Å². The Labute approximate surface area is 176 Å². The van der Waals surface area contributed by atoms with Crippen molar-refractivity contribution in [1.82, 2.24) is 9.38 Å². The number of anilines is 1. The summed E-state index contributed by atoms with van der Waals surface area (Å²) >= 11 is 0. The Hall–Kier alpha value is -3.32. The number of aromatic nitrogens is 2. The van der Waals surface area contributed by atoms with Crippen LogP contribution in [-0.4, -0.2) is 24.9 Å². The van der Waals surface area contributed by atoms with E-state index in [1.807, 2.05) is 67.0 Å². The fraction of sp³-hybridized carbons (Fsp3) is 0.174. The van der Waals surface area contributed by atoms with E-state index in [-0.39, 0.29) is 5.75 Å². The smallest absolute Gasteiger partial charge is 0.237 e. The van der Waals surface area contributed by atoms with Gasteiger partial charge in [-0.2, -0.15) is 0 Å². The number of nitrogens with one attached hydrogen (secondary N) is 1. The number of benzene rings is 2. The van der Waals surface area contributed by atoms with Gasteiger partial charge in [0.1, 0.15) is 11.4 Å². The molecule has 0 bridgehead atoms. The van der Waals surface area contributed by atoms with Gasteiger partial charge in [-0.1, -0.05) is 29.8 Å². The number of hydrogen-bond acceptors (Lipinski definition) is 4. The van der Waals surface area contributed by atoms with Gasteiger partial charge in [-0.15, -0.1) is 0 Å². The second-order valence-corrected chi connectivity index (χ2v) is 9.08. The van der Waals surface area contributed by atoms with Gasteiger partial charge in [0.15, 0.2) is 0 Å². The minimum absolute atomic E-state index is 0.115. The molecule has 1 N–H and O–H groups in total. The first kappa shape index (κ1) is 20.0. The Bertz CT molecular complexity index is 1330. The average molecular weight is 422 g/mol. The van der Waals surface area contributed by atoms with E-state index in [1.165, 1.54) is 7.11 Å². The van der Waals surface area contributed by atoms with Gasteiger partial charge in [0.25, 0.3) is 0 Å². The molecule has 0 aliphatic rings. The number of pyridine rings is 1. The molecular weight excluding hydrogens is 398 g/mol. The van der Waals surface area contributed by atoms with Crippen LogP contribution in [0.4, 0.5) is 5.69 Å². The van der Waals surface area contributed by atoms with Crippen LogP contribution in [0.15, 0.2) is 67.0 Å². The third-order valence-corrected chi connectivity index (χ3v) is 6.06. The zero-order valence-corrected chi connectivity index (χ0v) is 17.9. The maximum atomic E-state index is 12.8. The molecular formula is C23H23N3O3S. The van der Waals surface area contributed by atoms with Crippen LogP contribution >= 0.6 is 0 Å². The van der Waals surface area contributed by atoms with Gasteiger partial charge < -0.3 is 9.14 Å². The van der Waals surface area contributed by atoms with E-state index in [0.717, 1.165) is 33.6 Å². The van der Waals surface area contributed by atoms with Crippen LogP contribution in [0.3, 0.4) is 0 Å². The van der Waals surface area contributed by atoms with Crippen molar-refractivity contribution < 1.29 is 13.2 Å². The fourth-order valence-electron chi connectivity index (χ4n) is 3.39. The van der Waals surface area contributed by atoms with E-state index in [0.29, 0.717) is 11.4 Å². The molecule has 30 heavy (non-hydrogen) atoms. The van der Waals surface area contributed by atoms with Gasteiger partial charge >= 0.3 is 0 Å². The molecule has 0 aliphatic heterocycles. The summed E-state index contributed by atoms with van der Waals surface area (Å²) in [4.78, 5) is 4.66. The number of ether oxygens (including phenoxy) is 1. The molecule has 2 aromatic heterocycles. The maximum absolute atomic E-state index is 12.8. The molecule has 0 saturated carbocycles. The van der Waals surface area contributed by atoms with Crippen LogP contribution in [0, 0.1) is 13.8 Å². The highest BCUT2D eigenvalue weighted by molar-refractivity contribution is 7.91. The summed E-state index contributed by atoms with van der Waals surface area (Å²) in [5, 5.41) is 0. The number of aryl methyl sites for hydroxylation is 2. The molecule has 0 fully saturated rings. The molecule has 0 aliphatic carbocycles. The van der Waals surface area contributed by atoms with Crippen molar-refractivity contribution in [2.75, 3.05) is 11.8 Å². The molecule has 4 rings (SSSR count). The summed E-state index contributed by atoms with van der Waals surface area (Å²) in [6.45, 7) is 3.95. The lowest BCUT2D eigenvalue weighted by Crippen LogP contribution is -2.15. The number of rotatable bonds is 6. The number of fused-ring (bicyclic) bond motifs is 1. The van der Waals surface area contributed by atoms with Crippen LogP contribution in [0.5, 0.6) is 5.75 Å². The van der Waals surface area contributed by atoms with Crippen LogP contribution in [0.2, 0.25) is 0 Å².